The smallest absolute Gasteiger partial charge is 0.204 e. The fourth-order valence-electron chi connectivity index (χ4n) is 1.42. The van der Waals surface area contributed by atoms with Crippen molar-refractivity contribution >= 4 is 7.37 Å². The monoisotopic (exact) mass is 292 g/mol. The first kappa shape index (κ1) is 18.3. The lowest BCUT2D eigenvalue weighted by Crippen LogP contribution is -2.00. The van der Waals surface area contributed by atoms with Crippen LogP contribution in [0.5, 0.6) is 0 Å². The van der Waals surface area contributed by atoms with Gasteiger partial charge >= 0.3 is 0 Å². The summed E-state index contributed by atoms with van der Waals surface area (Å²) in [5.74, 6) is -1.35. The lowest BCUT2D eigenvalue weighted by Gasteiger charge is -2.14. The standard InChI is InChI=1S/C12H17F2O2P.C2H6/c1-3-4-8-16-17(2,15)9-10-11(13)6-5-7-12(10)14;1-2/h5-7H,3-4,8-9H2,1-2H3;1-2H3. The molecular weight excluding hydrogens is 269 g/mol. The SMILES string of the molecule is CC.CCCCOP(C)(=O)Cc1c(F)cccc1F. The van der Waals surface area contributed by atoms with Crippen molar-refractivity contribution < 1.29 is 17.9 Å². The van der Waals surface area contributed by atoms with Crippen molar-refractivity contribution in [3.05, 3.63) is 35.4 Å². The van der Waals surface area contributed by atoms with Crippen LogP contribution in [0.2, 0.25) is 0 Å². The van der Waals surface area contributed by atoms with Crippen LogP contribution >= 0.6 is 7.37 Å². The largest absolute Gasteiger partial charge is 0.328 e. The molecule has 1 rings (SSSR count). The molecule has 0 aliphatic heterocycles. The van der Waals surface area contributed by atoms with Gasteiger partial charge in [0.2, 0.25) is 7.37 Å². The summed E-state index contributed by atoms with van der Waals surface area (Å²) < 4.78 is 43.9. The van der Waals surface area contributed by atoms with E-state index in [9.17, 15) is 13.3 Å². The van der Waals surface area contributed by atoms with Gasteiger partial charge in [-0.1, -0.05) is 33.3 Å². The van der Waals surface area contributed by atoms with E-state index in [1.54, 1.807) is 0 Å². The molecule has 0 saturated carbocycles. The summed E-state index contributed by atoms with van der Waals surface area (Å²) in [7, 11) is -2.98. The zero-order valence-electron chi connectivity index (χ0n) is 12.1. The molecule has 1 atom stereocenters. The van der Waals surface area contributed by atoms with Crippen LogP contribution in [-0.4, -0.2) is 13.3 Å². The van der Waals surface area contributed by atoms with Gasteiger partial charge in [-0.3, -0.25) is 4.57 Å². The minimum Gasteiger partial charge on any atom is -0.328 e. The molecule has 0 aliphatic rings. The molecule has 0 amide bonds. The van der Waals surface area contributed by atoms with E-state index < -0.39 is 19.0 Å². The summed E-state index contributed by atoms with van der Waals surface area (Å²) >= 11 is 0. The Bertz CT molecular complexity index is 402. The quantitative estimate of drug-likeness (QED) is 0.531. The Labute approximate surface area is 114 Å². The molecule has 0 aliphatic carbocycles. The highest BCUT2D eigenvalue weighted by Crippen LogP contribution is 2.47. The van der Waals surface area contributed by atoms with Gasteiger partial charge < -0.3 is 4.52 Å². The maximum absolute atomic E-state index is 13.4. The highest BCUT2D eigenvalue weighted by molar-refractivity contribution is 7.57. The second-order valence-electron chi connectivity index (χ2n) is 4.06. The van der Waals surface area contributed by atoms with Crippen LogP contribution in [0.3, 0.4) is 0 Å². The van der Waals surface area contributed by atoms with Gasteiger partial charge in [-0.2, -0.15) is 0 Å². The third-order valence-electron chi connectivity index (χ3n) is 2.37. The maximum Gasteiger partial charge on any atom is 0.204 e. The predicted molar refractivity (Wildman–Crippen MR) is 75.8 cm³/mol. The summed E-state index contributed by atoms with van der Waals surface area (Å²) in [5.41, 5.74) is -0.158. The molecule has 110 valence electrons. The maximum atomic E-state index is 13.4. The Balaban J connectivity index is 0.00000154. The summed E-state index contributed by atoms with van der Waals surface area (Å²) in [4.78, 5) is 0. The van der Waals surface area contributed by atoms with Crippen molar-refractivity contribution in [3.8, 4) is 0 Å². The molecule has 1 aromatic rings. The third kappa shape index (κ3) is 6.84. The minimum atomic E-state index is -2.98. The summed E-state index contributed by atoms with van der Waals surface area (Å²) in [6, 6.07) is 3.60. The van der Waals surface area contributed by atoms with E-state index in [4.69, 9.17) is 4.52 Å². The molecule has 0 bridgehead atoms. The molecule has 0 radical (unpaired) electrons. The number of rotatable bonds is 6. The zero-order valence-corrected chi connectivity index (χ0v) is 13.0. The predicted octanol–water partition coefficient (Wildman–Crippen LogP) is 5.22. The Hall–Kier alpha value is -0.730. The summed E-state index contributed by atoms with van der Waals surface area (Å²) in [6.07, 6.45) is 1.51. The molecule has 0 spiro atoms. The van der Waals surface area contributed by atoms with Crippen molar-refractivity contribution in [1.29, 1.82) is 0 Å². The zero-order chi connectivity index (χ0) is 14.9. The highest BCUT2D eigenvalue weighted by atomic mass is 31.2. The molecule has 0 heterocycles. The van der Waals surface area contributed by atoms with Gasteiger partial charge in [0.15, 0.2) is 0 Å². The van der Waals surface area contributed by atoms with Crippen molar-refractivity contribution in [2.24, 2.45) is 0 Å². The van der Waals surface area contributed by atoms with Gasteiger partial charge in [-0.05, 0) is 18.6 Å². The lowest BCUT2D eigenvalue weighted by atomic mass is 10.2. The number of hydrogen-bond acceptors (Lipinski definition) is 2. The van der Waals surface area contributed by atoms with E-state index >= 15 is 0 Å². The Morgan fingerprint density at radius 2 is 1.74 bits per heavy atom. The number of benzene rings is 1. The summed E-state index contributed by atoms with van der Waals surface area (Å²) in [5, 5.41) is 0. The molecule has 1 unspecified atom stereocenters. The first-order chi connectivity index (χ1) is 8.96. The molecule has 0 aromatic heterocycles. The van der Waals surface area contributed by atoms with Crippen LogP contribution in [0.4, 0.5) is 8.78 Å². The lowest BCUT2D eigenvalue weighted by molar-refractivity contribution is 0.308. The Morgan fingerprint density at radius 1 is 1.21 bits per heavy atom. The van der Waals surface area contributed by atoms with Crippen LogP contribution in [0.25, 0.3) is 0 Å². The molecule has 0 N–H and O–H groups in total. The molecule has 2 nitrogen and oxygen atoms in total. The van der Waals surface area contributed by atoms with E-state index in [2.05, 4.69) is 0 Å². The van der Waals surface area contributed by atoms with Crippen LogP contribution in [0.15, 0.2) is 18.2 Å². The topological polar surface area (TPSA) is 26.3 Å². The summed E-state index contributed by atoms with van der Waals surface area (Å²) in [6.45, 7) is 7.76. The van der Waals surface area contributed by atoms with Gasteiger partial charge in [0, 0.05) is 12.2 Å². The molecule has 1 aromatic carbocycles. The highest BCUT2D eigenvalue weighted by Gasteiger charge is 2.21. The van der Waals surface area contributed by atoms with Gasteiger partial charge in [-0.15, -0.1) is 0 Å². The van der Waals surface area contributed by atoms with E-state index in [1.165, 1.54) is 12.7 Å². The number of hydrogen-bond donors (Lipinski definition) is 0. The van der Waals surface area contributed by atoms with Crippen LogP contribution in [0, 0.1) is 11.6 Å². The van der Waals surface area contributed by atoms with Crippen molar-refractivity contribution in [3.63, 3.8) is 0 Å². The van der Waals surface area contributed by atoms with Crippen LogP contribution in [-0.2, 0) is 15.3 Å². The van der Waals surface area contributed by atoms with Gasteiger partial charge in [-0.25, -0.2) is 8.78 Å². The second-order valence-corrected chi connectivity index (χ2v) is 6.66. The van der Waals surface area contributed by atoms with Crippen LogP contribution in [0.1, 0.15) is 39.2 Å². The van der Waals surface area contributed by atoms with E-state index in [0.29, 0.717) is 6.61 Å². The molecule has 0 fully saturated rings. The van der Waals surface area contributed by atoms with Gasteiger partial charge in [0.05, 0.1) is 12.8 Å². The van der Waals surface area contributed by atoms with Crippen LogP contribution < -0.4 is 0 Å². The van der Waals surface area contributed by atoms with E-state index in [-0.39, 0.29) is 11.7 Å². The Morgan fingerprint density at radius 3 is 2.21 bits per heavy atom. The number of unbranched alkanes of at least 4 members (excludes halogenated alkanes) is 1. The van der Waals surface area contributed by atoms with Crippen molar-refractivity contribution in [1.82, 2.24) is 0 Å². The molecular formula is C14H23F2O2P. The first-order valence-electron chi connectivity index (χ1n) is 6.60. The van der Waals surface area contributed by atoms with Gasteiger partial charge in [0.25, 0.3) is 0 Å². The van der Waals surface area contributed by atoms with Crippen molar-refractivity contribution in [2.45, 2.75) is 39.8 Å². The first-order valence-corrected chi connectivity index (χ1v) is 8.86. The molecule has 19 heavy (non-hydrogen) atoms. The minimum absolute atomic E-state index is 0.158. The normalized spacial score (nSPS) is 13.4. The average Bonchev–Trinajstić information content (AvgIpc) is 2.37. The third-order valence-corrected chi connectivity index (χ3v) is 3.99. The van der Waals surface area contributed by atoms with E-state index in [1.807, 2.05) is 20.8 Å². The van der Waals surface area contributed by atoms with Gasteiger partial charge in [0.1, 0.15) is 11.6 Å². The van der Waals surface area contributed by atoms with Crippen molar-refractivity contribution in [2.75, 3.05) is 13.3 Å². The second kappa shape index (κ2) is 9.22. The Kier molecular flexibility index (Phi) is 8.86. The molecule has 0 saturated heterocycles. The molecule has 5 heteroatoms. The fraction of sp³-hybridized carbons (Fsp3) is 0.571. The fourth-order valence-corrected chi connectivity index (χ4v) is 2.90. The van der Waals surface area contributed by atoms with E-state index in [0.717, 1.165) is 25.0 Å². The average molecular weight is 292 g/mol. The number of halogens is 2.